The molecule has 0 fully saturated rings. The van der Waals surface area contributed by atoms with Crippen molar-refractivity contribution in [2.45, 2.75) is 272 Å². The van der Waals surface area contributed by atoms with Crippen LogP contribution in [0.3, 0.4) is 0 Å². The Bertz CT molecular complexity index is 1230. The molecule has 0 bridgehead atoms. The fourth-order valence-electron chi connectivity index (χ4n) is 9.33. The summed E-state index contributed by atoms with van der Waals surface area (Å²) >= 11 is 0. The molecule has 0 aliphatic heterocycles. The predicted molar refractivity (Wildman–Crippen MR) is 305 cm³/mol. The molecule has 0 saturated heterocycles. The minimum atomic E-state index is -0.832. The molecule has 2 atom stereocenters. The molecule has 14 heteroatoms. The van der Waals surface area contributed by atoms with Crippen LogP contribution in [0.15, 0.2) is 0 Å². The van der Waals surface area contributed by atoms with Gasteiger partial charge in [0, 0.05) is 57.4 Å². The fourth-order valence-corrected chi connectivity index (χ4v) is 9.33. The lowest BCUT2D eigenvalue weighted by atomic mass is 9.93. The maximum Gasteiger partial charge on any atom is 0.223 e. The van der Waals surface area contributed by atoms with Crippen LogP contribution >= 0.6 is 0 Å². The SMILES string of the molecule is CCCCCCCCC(CCCCCC)C(=O)NCCOC(C)(C)OCCNC(=O)CCCCCN(CCO)CCCCCC(=O)NCCOC(C)(C)OCCNC(=O)C(CCCCCC)CCCCCCCC. The maximum atomic E-state index is 13.1. The van der Waals surface area contributed by atoms with Crippen LogP contribution in [0.5, 0.6) is 0 Å². The molecule has 4 amide bonds. The number of aliphatic hydroxyl groups is 1. The van der Waals surface area contributed by atoms with Crippen molar-refractivity contribution in [3.8, 4) is 0 Å². The van der Waals surface area contributed by atoms with E-state index in [9.17, 15) is 24.3 Å². The number of aliphatic hydroxyl groups excluding tert-OH is 1. The van der Waals surface area contributed by atoms with Crippen molar-refractivity contribution >= 4 is 23.6 Å². The highest BCUT2D eigenvalue weighted by Gasteiger charge is 2.23. The van der Waals surface area contributed by atoms with E-state index in [1.807, 2.05) is 27.7 Å². The van der Waals surface area contributed by atoms with Crippen molar-refractivity contribution in [1.29, 1.82) is 0 Å². The van der Waals surface area contributed by atoms with Crippen molar-refractivity contribution in [2.24, 2.45) is 11.8 Å². The zero-order valence-corrected chi connectivity index (χ0v) is 49.4. The molecule has 0 aromatic carbocycles. The molecule has 0 saturated carbocycles. The van der Waals surface area contributed by atoms with Gasteiger partial charge in [0.2, 0.25) is 23.6 Å². The van der Waals surface area contributed by atoms with Crippen LogP contribution in [0.25, 0.3) is 0 Å². The average Bonchev–Trinajstić information content (AvgIpc) is 3.37. The minimum absolute atomic E-state index is 0.00508. The van der Waals surface area contributed by atoms with Gasteiger partial charge in [-0.05, 0) is 92.2 Å². The van der Waals surface area contributed by atoms with Gasteiger partial charge in [-0.3, -0.25) is 19.2 Å². The van der Waals surface area contributed by atoms with Crippen LogP contribution in [0.4, 0.5) is 0 Å². The molecule has 0 spiro atoms. The summed E-state index contributed by atoms with van der Waals surface area (Å²) in [6.07, 6.45) is 34.3. The highest BCUT2D eigenvalue weighted by atomic mass is 16.7. The second-order valence-corrected chi connectivity index (χ2v) is 21.9. The molecule has 438 valence electrons. The third-order valence-corrected chi connectivity index (χ3v) is 14.0. The lowest BCUT2D eigenvalue weighted by molar-refractivity contribution is -0.211. The number of hydrogen-bond donors (Lipinski definition) is 5. The first-order valence-electron chi connectivity index (χ1n) is 30.7. The van der Waals surface area contributed by atoms with Crippen molar-refractivity contribution in [3.63, 3.8) is 0 Å². The number of carbonyl (C=O) groups is 4. The zero-order chi connectivity index (χ0) is 54.8. The van der Waals surface area contributed by atoms with Crippen molar-refractivity contribution < 1.29 is 43.2 Å². The molecule has 74 heavy (non-hydrogen) atoms. The third kappa shape index (κ3) is 45.8. The Morgan fingerprint density at radius 1 is 0.392 bits per heavy atom. The van der Waals surface area contributed by atoms with E-state index in [1.54, 1.807) is 0 Å². The molecule has 0 aromatic heterocycles. The Balaban J connectivity index is 4.19. The van der Waals surface area contributed by atoms with Crippen molar-refractivity contribution in [3.05, 3.63) is 0 Å². The van der Waals surface area contributed by atoms with Crippen LogP contribution in [0.1, 0.15) is 261 Å². The summed E-state index contributed by atoms with van der Waals surface area (Å²) in [4.78, 5) is 53.4. The Labute approximate surface area is 454 Å². The lowest BCUT2D eigenvalue weighted by Gasteiger charge is -2.26. The van der Waals surface area contributed by atoms with Crippen LogP contribution in [-0.4, -0.2) is 124 Å². The molecule has 2 unspecified atom stereocenters. The van der Waals surface area contributed by atoms with Crippen LogP contribution in [-0.2, 0) is 38.1 Å². The van der Waals surface area contributed by atoms with Crippen LogP contribution < -0.4 is 21.3 Å². The van der Waals surface area contributed by atoms with E-state index >= 15 is 0 Å². The van der Waals surface area contributed by atoms with E-state index in [4.69, 9.17) is 18.9 Å². The molecule has 5 N–H and O–H groups in total. The Morgan fingerprint density at radius 2 is 0.676 bits per heavy atom. The van der Waals surface area contributed by atoms with Gasteiger partial charge in [-0.1, -0.05) is 169 Å². The topological polar surface area (TPSA) is 177 Å². The molecule has 0 radical (unpaired) electrons. The highest BCUT2D eigenvalue weighted by Crippen LogP contribution is 2.21. The van der Waals surface area contributed by atoms with Gasteiger partial charge in [0.05, 0.1) is 33.0 Å². The second-order valence-electron chi connectivity index (χ2n) is 21.9. The van der Waals surface area contributed by atoms with Crippen molar-refractivity contribution in [2.75, 3.05) is 78.8 Å². The Kier molecular flexibility index (Phi) is 48.6. The van der Waals surface area contributed by atoms with E-state index in [0.717, 1.165) is 103 Å². The average molecular weight is 1050 g/mol. The van der Waals surface area contributed by atoms with Gasteiger partial charge >= 0.3 is 0 Å². The summed E-state index contributed by atoms with van der Waals surface area (Å²) in [5, 5.41) is 21.8. The third-order valence-electron chi connectivity index (χ3n) is 14.0. The smallest absolute Gasteiger partial charge is 0.223 e. The summed E-state index contributed by atoms with van der Waals surface area (Å²) in [6, 6.07) is 0. The van der Waals surface area contributed by atoms with Gasteiger partial charge in [-0.15, -0.1) is 0 Å². The highest BCUT2D eigenvalue weighted by molar-refractivity contribution is 5.79. The Morgan fingerprint density at radius 3 is 1.00 bits per heavy atom. The molecular formula is C60H119N5O9. The molecule has 0 aliphatic rings. The maximum absolute atomic E-state index is 13.1. The van der Waals surface area contributed by atoms with E-state index in [0.29, 0.717) is 72.0 Å². The number of unbranched alkanes of at least 4 members (excludes halogenated alkanes) is 20. The molecular weight excluding hydrogens is 935 g/mol. The van der Waals surface area contributed by atoms with Gasteiger partial charge in [-0.2, -0.15) is 0 Å². The van der Waals surface area contributed by atoms with Gasteiger partial charge < -0.3 is 50.2 Å². The van der Waals surface area contributed by atoms with E-state index in [-0.39, 0.29) is 42.1 Å². The minimum Gasteiger partial charge on any atom is -0.395 e. The van der Waals surface area contributed by atoms with Crippen molar-refractivity contribution in [1.82, 2.24) is 26.2 Å². The number of amides is 4. The molecule has 0 aromatic rings. The monoisotopic (exact) mass is 1050 g/mol. The summed E-state index contributed by atoms with van der Waals surface area (Å²) < 4.78 is 23.7. The number of carbonyl (C=O) groups excluding carboxylic acids is 4. The zero-order valence-electron chi connectivity index (χ0n) is 49.4. The quantitative estimate of drug-likeness (QED) is 0.0291. The molecule has 14 nitrogen and oxygen atoms in total. The molecule has 0 rings (SSSR count). The van der Waals surface area contributed by atoms with E-state index in [2.05, 4.69) is 53.9 Å². The number of rotatable bonds is 56. The van der Waals surface area contributed by atoms with Gasteiger partial charge in [0.1, 0.15) is 0 Å². The molecule has 0 heterocycles. The first-order valence-corrected chi connectivity index (χ1v) is 30.7. The molecule has 0 aliphatic carbocycles. The standard InChI is InChI=1S/C60H119N5O9/c1-9-13-17-21-23-29-37-53(35-27-19-15-11-3)57(69)63-43-51-73-59(5,6)71-49-41-61-55(67)39-31-25-33-45-65(47-48-66)46-34-26-32-40-56(68)62-42-50-72-60(7,8)74-52-44-64-58(70)54(36-28-20-16-12-4)38-30-24-22-18-14-10-2/h53-54,66H,9-52H2,1-8H3,(H,61,67)(H,62,68)(H,63,69)(H,64,70). The number of hydrogen-bond acceptors (Lipinski definition) is 10. The largest absolute Gasteiger partial charge is 0.395 e. The predicted octanol–water partition coefficient (Wildman–Crippen LogP) is 12.1. The number of nitrogens with one attached hydrogen (secondary N) is 4. The first-order chi connectivity index (χ1) is 35.7. The van der Waals surface area contributed by atoms with Crippen LogP contribution in [0.2, 0.25) is 0 Å². The Hall–Kier alpha value is -2.36. The lowest BCUT2D eigenvalue weighted by Crippen LogP contribution is -2.38. The summed E-state index contributed by atoms with van der Waals surface area (Å²) in [7, 11) is 0. The van der Waals surface area contributed by atoms with Gasteiger partial charge in [0.15, 0.2) is 11.6 Å². The number of ether oxygens (including phenoxy) is 4. The van der Waals surface area contributed by atoms with Crippen LogP contribution in [0, 0.1) is 11.8 Å². The normalized spacial score (nSPS) is 12.8. The summed E-state index contributed by atoms with van der Waals surface area (Å²) in [5.41, 5.74) is 0. The van der Waals surface area contributed by atoms with E-state index < -0.39 is 11.6 Å². The van der Waals surface area contributed by atoms with Gasteiger partial charge in [0.25, 0.3) is 0 Å². The fraction of sp³-hybridized carbons (Fsp3) is 0.933. The second kappa shape index (κ2) is 50.2. The number of nitrogens with zero attached hydrogens (tertiary/aromatic N) is 1. The summed E-state index contributed by atoms with van der Waals surface area (Å²) in [6.45, 7) is 21.8. The van der Waals surface area contributed by atoms with E-state index in [1.165, 1.54) is 103 Å². The summed E-state index contributed by atoms with van der Waals surface area (Å²) in [5.74, 6) is -1.22. The first kappa shape index (κ1) is 71.6. The van der Waals surface area contributed by atoms with Gasteiger partial charge in [-0.25, -0.2) is 0 Å².